The molecule has 0 aliphatic rings. The fourth-order valence-corrected chi connectivity index (χ4v) is 2.65. The molecule has 0 saturated heterocycles. The number of hydrogen-bond donors (Lipinski definition) is 0. The minimum absolute atomic E-state index is 0.0147. The van der Waals surface area contributed by atoms with Gasteiger partial charge in [0.05, 0.1) is 0 Å². The van der Waals surface area contributed by atoms with Crippen LogP contribution in [-0.2, 0) is 6.42 Å². The minimum atomic E-state index is -0.0147. The Labute approximate surface area is 153 Å². The van der Waals surface area contributed by atoms with Crippen molar-refractivity contribution in [3.63, 3.8) is 0 Å². The molecule has 0 unspecified atom stereocenters. The average Bonchev–Trinajstić information content (AvgIpc) is 2.47. The lowest BCUT2D eigenvalue weighted by Gasteiger charge is -2.21. The summed E-state index contributed by atoms with van der Waals surface area (Å²) in [5.74, 6) is -0.0147. The van der Waals surface area contributed by atoms with E-state index in [0.29, 0.717) is 16.2 Å². The Bertz CT molecular complexity index is 592. The number of benzene rings is 1. The van der Waals surface area contributed by atoms with Gasteiger partial charge in [0.25, 0.3) is 0 Å². The summed E-state index contributed by atoms with van der Waals surface area (Å²) >= 11 is 6.41. The van der Waals surface area contributed by atoms with E-state index in [2.05, 4.69) is 33.9 Å². The van der Waals surface area contributed by atoms with Gasteiger partial charge in [-0.3, -0.25) is 4.79 Å². The van der Waals surface area contributed by atoms with Crippen molar-refractivity contribution in [1.29, 1.82) is 0 Å². The van der Waals surface area contributed by atoms with Crippen LogP contribution in [0.2, 0.25) is 5.02 Å². The number of carbonyl (C=O) groups is 1. The van der Waals surface area contributed by atoms with E-state index >= 15 is 0 Å². The number of allylic oxidation sites excluding steroid dienone is 4. The molecule has 0 amide bonds. The summed E-state index contributed by atoms with van der Waals surface area (Å²) < 4.78 is 0. The summed E-state index contributed by atoms with van der Waals surface area (Å²) in [6, 6.07) is 3.72. The molecule has 0 spiro atoms. The zero-order valence-corrected chi connectivity index (χ0v) is 16.8. The maximum Gasteiger partial charge on any atom is 0.192 e. The molecular formula is C22H31ClO. The quantitative estimate of drug-likeness (QED) is 0.240. The van der Waals surface area contributed by atoms with Gasteiger partial charge < -0.3 is 0 Å². The Morgan fingerprint density at radius 2 is 1.79 bits per heavy atom. The summed E-state index contributed by atoms with van der Waals surface area (Å²) in [4.78, 5) is 12.5. The molecule has 0 N–H and O–H groups in total. The SMILES string of the molecule is C=C/C(=C\CC)C(=O)c1cc(C)c(CC(C)(C)C)c(Cl)c1.C=CC. The first-order valence-electron chi connectivity index (χ1n) is 8.34. The predicted molar refractivity (Wildman–Crippen MR) is 108 cm³/mol. The summed E-state index contributed by atoms with van der Waals surface area (Å²) in [5.41, 5.74) is 3.63. The lowest BCUT2D eigenvalue weighted by Crippen LogP contribution is -2.12. The van der Waals surface area contributed by atoms with E-state index < -0.39 is 0 Å². The van der Waals surface area contributed by atoms with Gasteiger partial charge >= 0.3 is 0 Å². The minimum Gasteiger partial charge on any atom is -0.289 e. The van der Waals surface area contributed by atoms with Gasteiger partial charge in [0.1, 0.15) is 0 Å². The molecule has 0 saturated carbocycles. The number of halogens is 1. The summed E-state index contributed by atoms with van der Waals surface area (Å²) in [6.45, 7) is 19.5. The second-order valence-corrected chi connectivity index (χ2v) is 7.41. The van der Waals surface area contributed by atoms with Gasteiger partial charge in [-0.25, -0.2) is 0 Å². The van der Waals surface area contributed by atoms with Crippen LogP contribution in [-0.4, -0.2) is 5.78 Å². The number of rotatable bonds is 5. The Kier molecular flexibility index (Phi) is 9.62. The van der Waals surface area contributed by atoms with Gasteiger partial charge in [0.15, 0.2) is 5.78 Å². The van der Waals surface area contributed by atoms with Gasteiger partial charge in [-0.2, -0.15) is 0 Å². The molecule has 132 valence electrons. The Hall–Kier alpha value is -1.60. The van der Waals surface area contributed by atoms with Gasteiger partial charge in [-0.15, -0.1) is 6.58 Å². The predicted octanol–water partition coefficient (Wildman–Crippen LogP) is 7.13. The lowest BCUT2D eigenvalue weighted by atomic mass is 9.85. The topological polar surface area (TPSA) is 17.1 Å². The lowest BCUT2D eigenvalue weighted by molar-refractivity contribution is 0.103. The fraction of sp³-hybridized carbons (Fsp3) is 0.409. The molecule has 0 atom stereocenters. The molecule has 2 heteroatoms. The highest BCUT2D eigenvalue weighted by atomic mass is 35.5. The van der Waals surface area contributed by atoms with Crippen molar-refractivity contribution >= 4 is 17.4 Å². The summed E-state index contributed by atoms with van der Waals surface area (Å²) in [7, 11) is 0. The van der Waals surface area contributed by atoms with E-state index in [9.17, 15) is 4.79 Å². The first kappa shape index (κ1) is 22.4. The van der Waals surface area contributed by atoms with Crippen LogP contribution in [0, 0.1) is 12.3 Å². The van der Waals surface area contributed by atoms with E-state index in [1.54, 1.807) is 18.2 Å². The molecule has 0 fully saturated rings. The Morgan fingerprint density at radius 3 is 2.17 bits per heavy atom. The first-order chi connectivity index (χ1) is 11.1. The molecule has 1 nitrogen and oxygen atoms in total. The number of Topliss-reactive ketones (excluding diaryl/α,β-unsaturated/α-hetero) is 1. The summed E-state index contributed by atoms with van der Waals surface area (Å²) in [6.07, 6.45) is 6.95. The van der Waals surface area contributed by atoms with Crippen LogP contribution in [0.3, 0.4) is 0 Å². The molecule has 24 heavy (non-hydrogen) atoms. The Morgan fingerprint density at radius 1 is 1.25 bits per heavy atom. The van der Waals surface area contributed by atoms with E-state index in [-0.39, 0.29) is 11.2 Å². The van der Waals surface area contributed by atoms with Crippen LogP contribution < -0.4 is 0 Å². The summed E-state index contributed by atoms with van der Waals surface area (Å²) in [5, 5.41) is 0.674. The van der Waals surface area contributed by atoms with Crippen molar-refractivity contribution < 1.29 is 4.79 Å². The number of hydrogen-bond acceptors (Lipinski definition) is 1. The molecule has 0 aromatic heterocycles. The number of carbonyl (C=O) groups excluding carboxylic acids is 1. The van der Waals surface area contributed by atoms with Crippen LogP contribution in [0.15, 0.2) is 49.1 Å². The Balaban J connectivity index is 0.00000163. The zero-order valence-electron chi connectivity index (χ0n) is 16.0. The van der Waals surface area contributed by atoms with Crippen molar-refractivity contribution in [3.8, 4) is 0 Å². The molecule has 1 aromatic rings. The van der Waals surface area contributed by atoms with Crippen molar-refractivity contribution in [2.24, 2.45) is 5.41 Å². The zero-order chi connectivity index (χ0) is 18.9. The monoisotopic (exact) mass is 346 g/mol. The second kappa shape index (κ2) is 10.3. The molecule has 1 rings (SSSR count). The van der Waals surface area contributed by atoms with Crippen LogP contribution in [0.5, 0.6) is 0 Å². The molecule has 1 aromatic carbocycles. The number of aryl methyl sites for hydroxylation is 1. The highest BCUT2D eigenvalue weighted by molar-refractivity contribution is 6.32. The third-order valence-corrected chi connectivity index (χ3v) is 3.63. The highest BCUT2D eigenvalue weighted by Crippen LogP contribution is 2.30. The van der Waals surface area contributed by atoms with Crippen LogP contribution in [0.25, 0.3) is 0 Å². The van der Waals surface area contributed by atoms with Crippen LogP contribution in [0.1, 0.15) is 62.5 Å². The molecule has 0 bridgehead atoms. The standard InChI is InChI=1S/C19H25ClO.C3H6/c1-7-9-14(8-2)18(21)15-10-13(3)16(17(20)11-15)12-19(4,5)6;1-3-2/h8-11H,2,7,12H2,1,3-6H3;3H,1H2,2H3/b14-9+;. The molecule has 0 radical (unpaired) electrons. The second-order valence-electron chi connectivity index (χ2n) is 7.00. The van der Waals surface area contributed by atoms with Crippen LogP contribution >= 0.6 is 11.6 Å². The van der Waals surface area contributed by atoms with Crippen molar-refractivity contribution in [1.82, 2.24) is 0 Å². The van der Waals surface area contributed by atoms with Crippen molar-refractivity contribution in [3.05, 3.63) is 70.8 Å². The van der Waals surface area contributed by atoms with E-state index in [1.165, 1.54) is 0 Å². The van der Waals surface area contributed by atoms with Crippen molar-refractivity contribution in [2.75, 3.05) is 0 Å². The van der Waals surface area contributed by atoms with E-state index in [0.717, 1.165) is 24.0 Å². The van der Waals surface area contributed by atoms with Crippen LogP contribution in [0.4, 0.5) is 0 Å². The van der Waals surface area contributed by atoms with Gasteiger partial charge in [-0.05, 0) is 55.4 Å². The number of ketones is 1. The molecule has 0 aliphatic heterocycles. The smallest absolute Gasteiger partial charge is 0.192 e. The third kappa shape index (κ3) is 7.31. The van der Waals surface area contributed by atoms with Gasteiger partial charge in [0.2, 0.25) is 0 Å². The molecule has 0 aliphatic carbocycles. The molecule has 0 heterocycles. The highest BCUT2D eigenvalue weighted by Gasteiger charge is 2.18. The maximum atomic E-state index is 12.5. The maximum absolute atomic E-state index is 12.5. The molecular weight excluding hydrogens is 316 g/mol. The normalized spacial score (nSPS) is 11.4. The average molecular weight is 347 g/mol. The largest absolute Gasteiger partial charge is 0.289 e. The van der Waals surface area contributed by atoms with Gasteiger partial charge in [-0.1, -0.05) is 64.1 Å². The third-order valence-electron chi connectivity index (χ3n) is 3.29. The first-order valence-corrected chi connectivity index (χ1v) is 8.72. The van der Waals surface area contributed by atoms with Crippen molar-refractivity contribution in [2.45, 2.75) is 54.4 Å². The van der Waals surface area contributed by atoms with E-state index in [4.69, 9.17) is 11.6 Å². The van der Waals surface area contributed by atoms with Gasteiger partial charge in [0, 0.05) is 16.2 Å². The fourth-order valence-electron chi connectivity index (χ4n) is 2.31. The van der Waals surface area contributed by atoms with E-state index in [1.807, 2.05) is 32.9 Å².